The van der Waals surface area contributed by atoms with Crippen LogP contribution in [0.2, 0.25) is 0 Å². The van der Waals surface area contributed by atoms with Gasteiger partial charge < -0.3 is 5.32 Å². The second-order valence-electron chi connectivity index (χ2n) is 1.88. The molecule has 0 fully saturated rings. The minimum atomic E-state index is -1.81. The van der Waals surface area contributed by atoms with Crippen molar-refractivity contribution in [1.82, 2.24) is 5.32 Å². The molecule has 0 aromatic rings. The molecule has 8 heavy (non-hydrogen) atoms. The second kappa shape index (κ2) is 6.96. The zero-order valence-electron chi connectivity index (χ0n) is 8.54. The predicted molar refractivity (Wildman–Crippen MR) is 38.1 cm³/mol. The van der Waals surface area contributed by atoms with E-state index < -0.39 is 6.85 Å². The molecule has 1 nitrogen and oxygen atoms in total. The van der Waals surface area contributed by atoms with Gasteiger partial charge in [-0.25, -0.2) is 0 Å². The highest BCUT2D eigenvalue weighted by atomic mass is 14.8. The fourth-order valence-corrected chi connectivity index (χ4v) is 0.588. The van der Waals surface area contributed by atoms with Crippen LogP contribution in [0.4, 0.5) is 0 Å². The van der Waals surface area contributed by atoms with Crippen LogP contribution in [0.3, 0.4) is 0 Å². The van der Waals surface area contributed by atoms with Gasteiger partial charge in [0.15, 0.2) is 0 Å². The van der Waals surface area contributed by atoms with Crippen molar-refractivity contribution in [3.63, 3.8) is 0 Å². The fourth-order valence-electron chi connectivity index (χ4n) is 0.588. The summed E-state index contributed by atoms with van der Waals surface area (Å²) in [6.07, 6.45) is 3.43. The quantitative estimate of drug-likeness (QED) is 0.543. The minimum Gasteiger partial charge on any atom is -0.317 e. The van der Waals surface area contributed by atoms with Gasteiger partial charge in [0.25, 0.3) is 0 Å². The zero-order valence-corrected chi connectivity index (χ0v) is 5.54. The number of hydrogen-bond donors (Lipinski definition) is 1. The molecule has 0 bridgehead atoms. The van der Waals surface area contributed by atoms with E-state index in [1.165, 1.54) is 12.8 Å². The van der Waals surface area contributed by atoms with E-state index in [0.717, 1.165) is 13.0 Å². The van der Waals surface area contributed by atoms with E-state index >= 15 is 0 Å². The first kappa shape index (κ1) is 3.89. The highest BCUT2D eigenvalue weighted by molar-refractivity contribution is 4.42. The molecule has 0 saturated heterocycles. The molecule has 0 rings (SSSR count). The highest BCUT2D eigenvalue weighted by Gasteiger charge is 1.81. The summed E-state index contributed by atoms with van der Waals surface area (Å²) in [7, 11) is 0. The van der Waals surface area contributed by atoms with Crippen LogP contribution in [0.5, 0.6) is 0 Å². The summed E-state index contributed by atoms with van der Waals surface area (Å²) in [5.74, 6) is 0. The van der Waals surface area contributed by atoms with Crippen molar-refractivity contribution in [2.75, 3.05) is 13.1 Å². The Bertz CT molecular complexity index is 90.2. The van der Waals surface area contributed by atoms with Crippen LogP contribution in [0.25, 0.3) is 0 Å². The lowest BCUT2D eigenvalue weighted by atomic mass is 10.2. The zero-order chi connectivity index (χ0) is 8.74. The molecular formula is C7H17N. The molecule has 0 amide bonds. The van der Waals surface area contributed by atoms with Gasteiger partial charge in [-0.15, -0.1) is 0 Å². The molecule has 0 heterocycles. The predicted octanol–water partition coefficient (Wildman–Crippen LogP) is 1.79. The molecule has 1 heteroatoms. The summed E-state index contributed by atoms with van der Waals surface area (Å²) in [4.78, 5) is 0. The maximum absolute atomic E-state index is 6.88. The van der Waals surface area contributed by atoms with Crippen LogP contribution in [-0.4, -0.2) is 13.1 Å². The molecular weight excluding hydrogens is 98.1 g/mol. The van der Waals surface area contributed by atoms with Gasteiger partial charge in [-0.1, -0.05) is 26.6 Å². The molecule has 0 radical (unpaired) electrons. The molecule has 50 valence electrons. The number of unbranched alkanes of at least 4 members (excludes halogenated alkanes) is 2. The molecule has 0 aliphatic heterocycles. The molecule has 0 aromatic heterocycles. The Hall–Kier alpha value is -0.0400. The van der Waals surface area contributed by atoms with Crippen LogP contribution >= 0.6 is 0 Å². The average molecular weight is 118 g/mol. The van der Waals surface area contributed by atoms with Crippen molar-refractivity contribution < 1.29 is 4.11 Å². The lowest BCUT2D eigenvalue weighted by Gasteiger charge is -1.97. The SMILES string of the molecule is [2H]C([2H])([2H])CNCCCCC. The Morgan fingerprint density at radius 1 is 1.50 bits per heavy atom. The maximum Gasteiger partial charge on any atom is 0.0243 e. The lowest BCUT2D eigenvalue weighted by Crippen LogP contribution is -2.13. The third-order valence-corrected chi connectivity index (χ3v) is 1.08. The molecule has 0 saturated carbocycles. The molecule has 0 atom stereocenters. The number of hydrogen-bond acceptors (Lipinski definition) is 1. The Balaban J connectivity index is 3.02. The largest absolute Gasteiger partial charge is 0.317 e. The standard InChI is InChI=1S/C7H17N/c1-3-5-6-7-8-4-2/h8H,3-7H2,1-2H3/i2D3. The van der Waals surface area contributed by atoms with Crippen LogP contribution in [-0.2, 0) is 0 Å². The van der Waals surface area contributed by atoms with Crippen LogP contribution in [0, 0.1) is 0 Å². The van der Waals surface area contributed by atoms with Gasteiger partial charge in [0.1, 0.15) is 0 Å². The Labute approximate surface area is 56.7 Å². The van der Waals surface area contributed by atoms with Crippen LogP contribution in [0.15, 0.2) is 0 Å². The minimum absolute atomic E-state index is 0.136. The third-order valence-electron chi connectivity index (χ3n) is 1.08. The maximum atomic E-state index is 6.88. The van der Waals surface area contributed by atoms with Gasteiger partial charge >= 0.3 is 0 Å². The summed E-state index contributed by atoms with van der Waals surface area (Å²) >= 11 is 0. The Kier molecular flexibility index (Phi) is 3.38. The molecule has 0 spiro atoms. The van der Waals surface area contributed by atoms with E-state index in [1.807, 2.05) is 0 Å². The van der Waals surface area contributed by atoms with E-state index in [9.17, 15) is 0 Å². The van der Waals surface area contributed by atoms with Gasteiger partial charge in [0.2, 0.25) is 0 Å². The fraction of sp³-hybridized carbons (Fsp3) is 1.00. The van der Waals surface area contributed by atoms with Crippen molar-refractivity contribution in [2.45, 2.75) is 33.0 Å². The average Bonchev–Trinajstić information content (AvgIpc) is 1.85. The topological polar surface area (TPSA) is 12.0 Å². The van der Waals surface area contributed by atoms with Gasteiger partial charge in [-0.05, 0) is 19.5 Å². The smallest absolute Gasteiger partial charge is 0.0243 e. The van der Waals surface area contributed by atoms with Gasteiger partial charge in [-0.2, -0.15) is 0 Å². The van der Waals surface area contributed by atoms with Crippen molar-refractivity contribution >= 4 is 0 Å². The lowest BCUT2D eigenvalue weighted by molar-refractivity contribution is 0.633. The van der Waals surface area contributed by atoms with Crippen LogP contribution < -0.4 is 5.32 Å². The van der Waals surface area contributed by atoms with Gasteiger partial charge in [-0.3, -0.25) is 0 Å². The molecule has 0 aromatic carbocycles. The van der Waals surface area contributed by atoms with Crippen molar-refractivity contribution in [1.29, 1.82) is 0 Å². The molecule has 0 aliphatic rings. The molecule has 0 unspecified atom stereocenters. The molecule has 0 aliphatic carbocycles. The van der Waals surface area contributed by atoms with Crippen LogP contribution in [0.1, 0.15) is 37.2 Å². The summed E-state index contributed by atoms with van der Waals surface area (Å²) in [5.41, 5.74) is 0. The van der Waals surface area contributed by atoms with E-state index in [-0.39, 0.29) is 6.54 Å². The van der Waals surface area contributed by atoms with E-state index in [4.69, 9.17) is 4.11 Å². The van der Waals surface area contributed by atoms with E-state index in [2.05, 4.69) is 12.2 Å². The second-order valence-corrected chi connectivity index (χ2v) is 1.88. The normalized spacial score (nSPS) is 16.9. The first-order valence-corrected chi connectivity index (χ1v) is 3.27. The Morgan fingerprint density at radius 3 is 3.00 bits per heavy atom. The number of nitrogens with one attached hydrogen (secondary N) is 1. The third kappa shape index (κ3) is 5.96. The van der Waals surface area contributed by atoms with Gasteiger partial charge in [0, 0.05) is 4.11 Å². The highest BCUT2D eigenvalue weighted by Crippen LogP contribution is 1.89. The van der Waals surface area contributed by atoms with Crippen molar-refractivity contribution in [3.05, 3.63) is 0 Å². The van der Waals surface area contributed by atoms with E-state index in [0.29, 0.717) is 0 Å². The van der Waals surface area contributed by atoms with Crippen molar-refractivity contribution in [3.8, 4) is 0 Å². The summed E-state index contributed by atoms with van der Waals surface area (Å²) in [6, 6.07) is 0. The first-order chi connectivity index (χ1) is 5.06. The summed E-state index contributed by atoms with van der Waals surface area (Å²) in [5, 5.41) is 2.90. The summed E-state index contributed by atoms with van der Waals surface area (Å²) < 4.78 is 20.6. The monoisotopic (exact) mass is 118 g/mol. The number of rotatable bonds is 5. The first-order valence-electron chi connectivity index (χ1n) is 4.77. The molecule has 1 N–H and O–H groups in total. The summed E-state index contributed by atoms with van der Waals surface area (Å²) in [6.45, 7) is 1.28. The Morgan fingerprint density at radius 2 is 2.38 bits per heavy atom. The van der Waals surface area contributed by atoms with Crippen molar-refractivity contribution in [2.24, 2.45) is 0 Å². The van der Waals surface area contributed by atoms with E-state index in [1.54, 1.807) is 0 Å². The van der Waals surface area contributed by atoms with Gasteiger partial charge in [0.05, 0.1) is 0 Å².